The first-order chi connectivity index (χ1) is 6.52. The SMILES string of the molecule is CCC(C)(C)NC(=O)CNCCSC. The van der Waals surface area contributed by atoms with Crippen LogP contribution in [0.15, 0.2) is 0 Å². The van der Waals surface area contributed by atoms with Gasteiger partial charge in [0.05, 0.1) is 6.54 Å². The van der Waals surface area contributed by atoms with Crippen molar-refractivity contribution in [2.24, 2.45) is 0 Å². The Labute approximate surface area is 91.4 Å². The highest BCUT2D eigenvalue weighted by atomic mass is 32.2. The minimum atomic E-state index is -0.0850. The van der Waals surface area contributed by atoms with Crippen LogP contribution < -0.4 is 10.6 Å². The molecule has 0 aliphatic carbocycles. The van der Waals surface area contributed by atoms with E-state index < -0.39 is 0 Å². The lowest BCUT2D eigenvalue weighted by Crippen LogP contribution is -2.46. The van der Waals surface area contributed by atoms with Crippen molar-refractivity contribution < 1.29 is 4.79 Å². The van der Waals surface area contributed by atoms with E-state index in [-0.39, 0.29) is 11.4 Å². The molecule has 0 fully saturated rings. The molecule has 0 radical (unpaired) electrons. The van der Waals surface area contributed by atoms with Gasteiger partial charge in [0, 0.05) is 17.8 Å². The van der Waals surface area contributed by atoms with Gasteiger partial charge in [-0.05, 0) is 26.5 Å². The first kappa shape index (κ1) is 13.8. The smallest absolute Gasteiger partial charge is 0.234 e. The second-order valence-electron chi connectivity index (χ2n) is 3.96. The molecule has 0 aliphatic heterocycles. The van der Waals surface area contributed by atoms with Crippen molar-refractivity contribution in [2.45, 2.75) is 32.7 Å². The first-order valence-corrected chi connectivity index (χ1v) is 6.42. The molecule has 0 saturated heterocycles. The highest BCUT2D eigenvalue weighted by molar-refractivity contribution is 7.98. The van der Waals surface area contributed by atoms with Gasteiger partial charge in [-0.3, -0.25) is 4.79 Å². The van der Waals surface area contributed by atoms with Crippen molar-refractivity contribution in [3.8, 4) is 0 Å². The van der Waals surface area contributed by atoms with Crippen molar-refractivity contribution in [3.63, 3.8) is 0 Å². The Morgan fingerprint density at radius 3 is 2.57 bits per heavy atom. The fourth-order valence-electron chi connectivity index (χ4n) is 0.886. The largest absolute Gasteiger partial charge is 0.350 e. The molecule has 0 rings (SSSR count). The fraction of sp³-hybridized carbons (Fsp3) is 0.900. The van der Waals surface area contributed by atoms with E-state index in [0.29, 0.717) is 6.54 Å². The molecule has 0 aromatic rings. The summed E-state index contributed by atoms with van der Waals surface area (Å²) in [7, 11) is 0. The molecule has 0 aliphatic rings. The molecule has 0 aromatic heterocycles. The van der Waals surface area contributed by atoms with Crippen molar-refractivity contribution in [1.82, 2.24) is 10.6 Å². The van der Waals surface area contributed by atoms with E-state index in [2.05, 4.69) is 23.8 Å². The van der Waals surface area contributed by atoms with Crippen molar-refractivity contribution in [2.75, 3.05) is 25.1 Å². The molecule has 4 heteroatoms. The van der Waals surface area contributed by atoms with E-state index in [1.807, 2.05) is 13.8 Å². The van der Waals surface area contributed by atoms with Crippen LogP contribution in [0.5, 0.6) is 0 Å². The summed E-state index contributed by atoms with van der Waals surface area (Å²) in [6.45, 7) is 7.45. The number of amides is 1. The van der Waals surface area contributed by atoms with Crippen LogP contribution in [0.25, 0.3) is 0 Å². The number of hydrogen-bond donors (Lipinski definition) is 2. The standard InChI is InChI=1S/C10H22N2OS/c1-5-10(2,3)12-9(13)8-11-6-7-14-4/h11H,5-8H2,1-4H3,(H,12,13). The maximum atomic E-state index is 11.4. The van der Waals surface area contributed by atoms with Gasteiger partial charge in [-0.1, -0.05) is 6.92 Å². The zero-order chi connectivity index (χ0) is 11.0. The Balaban J connectivity index is 3.55. The summed E-state index contributed by atoms with van der Waals surface area (Å²) in [5.41, 5.74) is -0.0850. The van der Waals surface area contributed by atoms with Crippen LogP contribution in [-0.2, 0) is 4.79 Å². The van der Waals surface area contributed by atoms with E-state index >= 15 is 0 Å². The summed E-state index contributed by atoms with van der Waals surface area (Å²) in [5, 5.41) is 6.07. The van der Waals surface area contributed by atoms with E-state index in [4.69, 9.17) is 0 Å². The number of hydrogen-bond acceptors (Lipinski definition) is 3. The second kappa shape index (κ2) is 7.12. The third-order valence-electron chi connectivity index (χ3n) is 2.13. The summed E-state index contributed by atoms with van der Waals surface area (Å²) in [6.07, 6.45) is 3.01. The minimum Gasteiger partial charge on any atom is -0.350 e. The van der Waals surface area contributed by atoms with Crippen LogP contribution in [0.4, 0.5) is 0 Å². The average molecular weight is 218 g/mol. The van der Waals surface area contributed by atoms with E-state index in [0.717, 1.165) is 18.7 Å². The average Bonchev–Trinajstić information content (AvgIpc) is 2.12. The molecular weight excluding hydrogens is 196 g/mol. The van der Waals surface area contributed by atoms with Gasteiger partial charge in [0.25, 0.3) is 0 Å². The molecular formula is C10H22N2OS. The molecule has 3 nitrogen and oxygen atoms in total. The number of carbonyl (C=O) groups is 1. The zero-order valence-electron chi connectivity index (χ0n) is 9.64. The number of carbonyl (C=O) groups excluding carboxylic acids is 1. The molecule has 1 amide bonds. The first-order valence-electron chi connectivity index (χ1n) is 5.02. The summed E-state index contributed by atoms with van der Waals surface area (Å²) in [5.74, 6) is 1.13. The van der Waals surface area contributed by atoms with Gasteiger partial charge in [0.2, 0.25) is 5.91 Å². The van der Waals surface area contributed by atoms with Gasteiger partial charge in [-0.25, -0.2) is 0 Å². The van der Waals surface area contributed by atoms with Crippen LogP contribution in [-0.4, -0.2) is 36.5 Å². The van der Waals surface area contributed by atoms with E-state index in [1.165, 1.54) is 0 Å². The Morgan fingerprint density at radius 2 is 2.07 bits per heavy atom. The summed E-state index contributed by atoms with van der Waals surface area (Å²) >= 11 is 1.78. The van der Waals surface area contributed by atoms with Gasteiger partial charge in [0.15, 0.2) is 0 Å². The Bertz CT molecular complexity index is 172. The number of rotatable bonds is 7. The summed E-state index contributed by atoms with van der Waals surface area (Å²) < 4.78 is 0. The number of nitrogens with one attached hydrogen (secondary N) is 2. The van der Waals surface area contributed by atoms with Crippen molar-refractivity contribution in [1.29, 1.82) is 0 Å². The van der Waals surface area contributed by atoms with Gasteiger partial charge in [-0.15, -0.1) is 0 Å². The van der Waals surface area contributed by atoms with Crippen molar-refractivity contribution >= 4 is 17.7 Å². The predicted molar refractivity (Wildman–Crippen MR) is 63.8 cm³/mol. The fourth-order valence-corrected chi connectivity index (χ4v) is 1.23. The van der Waals surface area contributed by atoms with Crippen LogP contribution in [0, 0.1) is 0 Å². The second-order valence-corrected chi connectivity index (χ2v) is 4.94. The Kier molecular flexibility index (Phi) is 7.01. The highest BCUT2D eigenvalue weighted by Crippen LogP contribution is 2.05. The van der Waals surface area contributed by atoms with Gasteiger partial charge >= 0.3 is 0 Å². The maximum Gasteiger partial charge on any atom is 0.234 e. The van der Waals surface area contributed by atoms with Gasteiger partial charge < -0.3 is 10.6 Å². The Hall–Kier alpha value is -0.220. The minimum absolute atomic E-state index is 0.0814. The van der Waals surface area contributed by atoms with E-state index in [1.54, 1.807) is 11.8 Å². The molecule has 0 bridgehead atoms. The molecule has 0 spiro atoms. The van der Waals surface area contributed by atoms with Crippen LogP contribution >= 0.6 is 11.8 Å². The molecule has 84 valence electrons. The highest BCUT2D eigenvalue weighted by Gasteiger charge is 2.16. The molecule has 2 N–H and O–H groups in total. The van der Waals surface area contributed by atoms with Crippen LogP contribution in [0.2, 0.25) is 0 Å². The quantitative estimate of drug-likeness (QED) is 0.632. The number of thioether (sulfide) groups is 1. The summed E-state index contributed by atoms with van der Waals surface area (Å²) in [6, 6.07) is 0. The predicted octanol–water partition coefficient (Wildman–Crippen LogP) is 1.24. The lowest BCUT2D eigenvalue weighted by atomic mass is 10.0. The topological polar surface area (TPSA) is 41.1 Å². The van der Waals surface area contributed by atoms with Gasteiger partial charge in [-0.2, -0.15) is 11.8 Å². The van der Waals surface area contributed by atoms with E-state index in [9.17, 15) is 4.79 Å². The monoisotopic (exact) mass is 218 g/mol. The van der Waals surface area contributed by atoms with Gasteiger partial charge in [0.1, 0.15) is 0 Å². The molecule has 0 saturated carbocycles. The Morgan fingerprint density at radius 1 is 1.43 bits per heavy atom. The lowest BCUT2D eigenvalue weighted by Gasteiger charge is -2.24. The van der Waals surface area contributed by atoms with Crippen molar-refractivity contribution in [3.05, 3.63) is 0 Å². The molecule has 0 aromatic carbocycles. The summed E-state index contributed by atoms with van der Waals surface area (Å²) in [4.78, 5) is 11.4. The van der Waals surface area contributed by atoms with Crippen LogP contribution in [0.3, 0.4) is 0 Å². The zero-order valence-corrected chi connectivity index (χ0v) is 10.5. The normalized spacial score (nSPS) is 11.4. The van der Waals surface area contributed by atoms with Crippen LogP contribution in [0.1, 0.15) is 27.2 Å². The third-order valence-corrected chi connectivity index (χ3v) is 2.74. The maximum absolute atomic E-state index is 11.4. The lowest BCUT2D eigenvalue weighted by molar-refractivity contribution is -0.121. The molecule has 0 atom stereocenters. The molecule has 14 heavy (non-hydrogen) atoms. The third kappa shape index (κ3) is 7.21. The molecule has 0 unspecified atom stereocenters. The molecule has 0 heterocycles.